The Labute approximate surface area is 133 Å². The van der Waals surface area contributed by atoms with E-state index < -0.39 is 0 Å². The van der Waals surface area contributed by atoms with Crippen LogP contribution in [0.25, 0.3) is 11.5 Å². The molecule has 22 heavy (non-hydrogen) atoms. The predicted molar refractivity (Wildman–Crippen MR) is 89.0 cm³/mol. The summed E-state index contributed by atoms with van der Waals surface area (Å²) < 4.78 is 5.84. The minimum atomic E-state index is 0.533. The van der Waals surface area contributed by atoms with Gasteiger partial charge in [0.05, 0.1) is 5.69 Å². The Bertz CT molecular complexity index is 735. The molecule has 2 aromatic heterocycles. The number of rotatable bonds is 5. The average molecular weight is 309 g/mol. The summed E-state index contributed by atoms with van der Waals surface area (Å²) >= 11 is 1.71. The van der Waals surface area contributed by atoms with Gasteiger partial charge in [0.2, 0.25) is 5.88 Å². The quantitative estimate of drug-likeness (QED) is 0.707. The molecule has 0 aliphatic carbocycles. The standard InChI is InChI=1S/C17H15N3OS/c1-22-12-13-11-16(21-14-7-3-2-4-8-14)20-17(19-13)15-9-5-6-10-18-15/h2-11H,12H2,1H3. The molecule has 110 valence electrons. The molecule has 0 spiro atoms. The third kappa shape index (κ3) is 3.62. The summed E-state index contributed by atoms with van der Waals surface area (Å²) in [5.74, 6) is 2.67. The van der Waals surface area contributed by atoms with Crippen molar-refractivity contribution in [3.63, 3.8) is 0 Å². The number of thioether (sulfide) groups is 1. The third-order valence-corrected chi connectivity index (χ3v) is 3.49. The van der Waals surface area contributed by atoms with Gasteiger partial charge in [-0.1, -0.05) is 24.3 Å². The van der Waals surface area contributed by atoms with E-state index in [-0.39, 0.29) is 0 Å². The zero-order valence-electron chi connectivity index (χ0n) is 12.1. The number of benzene rings is 1. The van der Waals surface area contributed by atoms with Crippen molar-refractivity contribution in [2.75, 3.05) is 6.26 Å². The molecule has 4 nitrogen and oxygen atoms in total. The van der Waals surface area contributed by atoms with E-state index in [9.17, 15) is 0 Å². The molecule has 3 aromatic rings. The first kappa shape index (κ1) is 14.5. The smallest absolute Gasteiger partial charge is 0.223 e. The molecule has 0 N–H and O–H groups in total. The summed E-state index contributed by atoms with van der Waals surface area (Å²) in [6.07, 6.45) is 3.78. The van der Waals surface area contributed by atoms with Crippen LogP contribution in [-0.2, 0) is 5.75 Å². The van der Waals surface area contributed by atoms with Crippen LogP contribution in [0.5, 0.6) is 11.6 Å². The Kier molecular flexibility index (Phi) is 4.65. The van der Waals surface area contributed by atoms with E-state index >= 15 is 0 Å². The number of ether oxygens (including phenoxy) is 1. The lowest BCUT2D eigenvalue weighted by atomic mass is 10.3. The maximum Gasteiger partial charge on any atom is 0.223 e. The lowest BCUT2D eigenvalue weighted by Gasteiger charge is -2.08. The van der Waals surface area contributed by atoms with Crippen molar-refractivity contribution in [3.05, 3.63) is 66.5 Å². The second-order valence-corrected chi connectivity index (χ2v) is 5.45. The van der Waals surface area contributed by atoms with Crippen LogP contribution < -0.4 is 4.74 Å². The largest absolute Gasteiger partial charge is 0.439 e. The molecule has 0 aliphatic rings. The number of hydrogen-bond acceptors (Lipinski definition) is 5. The van der Waals surface area contributed by atoms with Crippen LogP contribution in [0, 0.1) is 0 Å². The highest BCUT2D eigenvalue weighted by Crippen LogP contribution is 2.23. The van der Waals surface area contributed by atoms with Crippen LogP contribution in [0.15, 0.2) is 60.8 Å². The first-order valence-electron chi connectivity index (χ1n) is 6.86. The summed E-state index contributed by atoms with van der Waals surface area (Å²) in [5.41, 5.74) is 1.66. The maximum absolute atomic E-state index is 5.84. The molecule has 0 aliphatic heterocycles. The van der Waals surface area contributed by atoms with Gasteiger partial charge in [-0.2, -0.15) is 16.7 Å². The fourth-order valence-corrected chi connectivity index (χ4v) is 2.41. The van der Waals surface area contributed by atoms with Crippen LogP contribution in [0.2, 0.25) is 0 Å². The highest BCUT2D eigenvalue weighted by Gasteiger charge is 2.09. The SMILES string of the molecule is CSCc1cc(Oc2ccccc2)nc(-c2ccccn2)n1. The fraction of sp³-hybridized carbons (Fsp3) is 0.118. The second-order valence-electron chi connectivity index (χ2n) is 4.58. The van der Waals surface area contributed by atoms with Gasteiger partial charge in [-0.15, -0.1) is 0 Å². The molecule has 3 rings (SSSR count). The van der Waals surface area contributed by atoms with Crippen molar-refractivity contribution in [1.82, 2.24) is 15.0 Å². The summed E-state index contributed by atoms with van der Waals surface area (Å²) in [6.45, 7) is 0. The lowest BCUT2D eigenvalue weighted by molar-refractivity contribution is 0.461. The summed E-state index contributed by atoms with van der Waals surface area (Å²) in [4.78, 5) is 13.3. The molecule has 0 fully saturated rings. The maximum atomic E-state index is 5.84. The molecule has 0 saturated carbocycles. The van der Waals surface area contributed by atoms with Crippen molar-refractivity contribution in [2.45, 2.75) is 5.75 Å². The molecule has 0 bridgehead atoms. The van der Waals surface area contributed by atoms with Crippen molar-refractivity contribution in [2.24, 2.45) is 0 Å². The van der Waals surface area contributed by atoms with Crippen LogP contribution in [0.4, 0.5) is 0 Å². The van der Waals surface area contributed by atoms with E-state index in [1.165, 1.54) is 0 Å². The number of nitrogens with zero attached hydrogens (tertiary/aromatic N) is 3. The van der Waals surface area contributed by atoms with E-state index in [1.807, 2.05) is 60.9 Å². The van der Waals surface area contributed by atoms with Gasteiger partial charge in [0.25, 0.3) is 0 Å². The van der Waals surface area contributed by atoms with E-state index in [2.05, 4.69) is 15.0 Å². The molecular formula is C17H15N3OS. The summed E-state index contributed by atoms with van der Waals surface area (Å²) in [6, 6.07) is 17.2. The van der Waals surface area contributed by atoms with Gasteiger partial charge in [0.1, 0.15) is 11.4 Å². The fourth-order valence-electron chi connectivity index (χ4n) is 1.97. The van der Waals surface area contributed by atoms with Crippen molar-refractivity contribution in [3.8, 4) is 23.1 Å². The Morgan fingerprint density at radius 2 is 1.82 bits per heavy atom. The minimum absolute atomic E-state index is 0.533. The summed E-state index contributed by atoms with van der Waals surface area (Å²) in [5, 5.41) is 0. The van der Waals surface area contributed by atoms with E-state index in [0.29, 0.717) is 11.7 Å². The van der Waals surface area contributed by atoms with Crippen molar-refractivity contribution < 1.29 is 4.74 Å². The average Bonchev–Trinajstić information content (AvgIpc) is 2.57. The first-order chi connectivity index (χ1) is 10.8. The number of hydrogen-bond donors (Lipinski definition) is 0. The molecule has 0 radical (unpaired) electrons. The second kappa shape index (κ2) is 7.04. The Morgan fingerprint density at radius 1 is 1.00 bits per heavy atom. The van der Waals surface area contributed by atoms with E-state index in [0.717, 1.165) is 22.9 Å². The normalized spacial score (nSPS) is 10.4. The Morgan fingerprint density at radius 3 is 2.55 bits per heavy atom. The first-order valence-corrected chi connectivity index (χ1v) is 8.26. The van der Waals surface area contributed by atoms with Crippen molar-refractivity contribution in [1.29, 1.82) is 0 Å². The summed E-state index contributed by atoms with van der Waals surface area (Å²) in [7, 11) is 0. The molecule has 2 heterocycles. The highest BCUT2D eigenvalue weighted by molar-refractivity contribution is 7.97. The lowest BCUT2D eigenvalue weighted by Crippen LogP contribution is -1.99. The molecule has 0 saturated heterocycles. The molecule has 5 heteroatoms. The van der Waals surface area contributed by atoms with Gasteiger partial charge in [-0.3, -0.25) is 4.98 Å². The van der Waals surface area contributed by atoms with Crippen LogP contribution in [-0.4, -0.2) is 21.2 Å². The highest BCUT2D eigenvalue weighted by atomic mass is 32.2. The third-order valence-electron chi connectivity index (χ3n) is 2.91. The van der Waals surface area contributed by atoms with Crippen LogP contribution in [0.1, 0.15) is 5.69 Å². The number of aromatic nitrogens is 3. The van der Waals surface area contributed by atoms with Gasteiger partial charge >= 0.3 is 0 Å². The Hall–Kier alpha value is -2.40. The molecule has 0 atom stereocenters. The van der Waals surface area contributed by atoms with E-state index in [4.69, 9.17) is 4.74 Å². The monoisotopic (exact) mass is 309 g/mol. The predicted octanol–water partition coefficient (Wildman–Crippen LogP) is 4.19. The number of pyridine rings is 1. The topological polar surface area (TPSA) is 47.9 Å². The number of para-hydroxylation sites is 1. The Balaban J connectivity index is 1.97. The molecule has 0 amide bonds. The van der Waals surface area contributed by atoms with Crippen LogP contribution in [0.3, 0.4) is 0 Å². The van der Waals surface area contributed by atoms with E-state index in [1.54, 1.807) is 18.0 Å². The zero-order chi connectivity index (χ0) is 15.2. The molecule has 1 aromatic carbocycles. The van der Waals surface area contributed by atoms with Crippen LogP contribution >= 0.6 is 11.8 Å². The van der Waals surface area contributed by atoms with Crippen molar-refractivity contribution >= 4 is 11.8 Å². The van der Waals surface area contributed by atoms with Gasteiger partial charge < -0.3 is 4.74 Å². The van der Waals surface area contributed by atoms with Gasteiger partial charge in [-0.25, -0.2) is 4.98 Å². The van der Waals surface area contributed by atoms with Gasteiger partial charge in [0, 0.05) is 18.0 Å². The van der Waals surface area contributed by atoms with Gasteiger partial charge in [-0.05, 0) is 30.5 Å². The minimum Gasteiger partial charge on any atom is -0.439 e. The molecule has 0 unspecified atom stereocenters. The molecular weight excluding hydrogens is 294 g/mol. The zero-order valence-corrected chi connectivity index (χ0v) is 13.0. The van der Waals surface area contributed by atoms with Gasteiger partial charge in [0.15, 0.2) is 5.82 Å².